The van der Waals surface area contributed by atoms with Gasteiger partial charge in [0, 0.05) is 24.7 Å². The normalized spacial score (nSPS) is 17.2. The summed E-state index contributed by atoms with van der Waals surface area (Å²) in [4.78, 5) is 27.4. The number of hydrogen-bond acceptors (Lipinski definition) is 5. The number of methoxy groups -OCH3 is 1. The molecule has 1 amide bonds. The van der Waals surface area contributed by atoms with E-state index in [1.807, 2.05) is 75.4 Å². The first-order valence-corrected chi connectivity index (χ1v) is 14.2. The summed E-state index contributed by atoms with van der Waals surface area (Å²) in [5.74, 6) is -1.83. The van der Waals surface area contributed by atoms with Crippen LogP contribution in [-0.2, 0) is 25.5 Å². The van der Waals surface area contributed by atoms with Crippen LogP contribution in [0.1, 0.15) is 49.8 Å². The van der Waals surface area contributed by atoms with Gasteiger partial charge in [-0.25, -0.2) is 0 Å². The van der Waals surface area contributed by atoms with Crippen LogP contribution in [0.25, 0.3) is 0 Å². The van der Waals surface area contributed by atoms with E-state index in [0.29, 0.717) is 0 Å². The quantitative estimate of drug-likeness (QED) is 0.298. The topological polar surface area (TPSA) is 76.7 Å². The van der Waals surface area contributed by atoms with Crippen molar-refractivity contribution in [1.82, 2.24) is 5.32 Å². The lowest BCUT2D eigenvalue weighted by molar-refractivity contribution is -0.151. The maximum atomic E-state index is 14.5. The fraction of sp³-hybridized carbons (Fsp3) is 0.412. The van der Waals surface area contributed by atoms with Gasteiger partial charge in [-0.15, -0.1) is 0 Å². The van der Waals surface area contributed by atoms with E-state index < -0.39 is 17.3 Å². The van der Waals surface area contributed by atoms with Gasteiger partial charge >= 0.3 is 5.97 Å². The first-order chi connectivity index (χ1) is 19.3. The SMILES string of the molecule is COC(=O)C(C)C(C)(C)C(C(=O)Nc1ccccc1CCC1CNCCO1)C(c1ccccc1)c1ccccc1. The lowest BCUT2D eigenvalue weighted by Crippen LogP contribution is -2.45. The number of hydrogen-bond donors (Lipinski definition) is 2. The average molecular weight is 543 g/mol. The van der Waals surface area contributed by atoms with Crippen molar-refractivity contribution in [3.63, 3.8) is 0 Å². The summed E-state index contributed by atoms with van der Waals surface area (Å²) in [5, 5.41) is 6.67. The molecule has 2 N–H and O–H groups in total. The van der Waals surface area contributed by atoms with E-state index in [1.165, 1.54) is 7.11 Å². The summed E-state index contributed by atoms with van der Waals surface area (Å²) in [7, 11) is 1.40. The Kier molecular flexibility index (Phi) is 10.1. The second kappa shape index (κ2) is 13.7. The first-order valence-electron chi connectivity index (χ1n) is 14.2. The van der Waals surface area contributed by atoms with Gasteiger partial charge in [-0.05, 0) is 41.0 Å². The van der Waals surface area contributed by atoms with Crippen LogP contribution in [0.4, 0.5) is 5.69 Å². The summed E-state index contributed by atoms with van der Waals surface area (Å²) < 4.78 is 11.1. The van der Waals surface area contributed by atoms with E-state index in [2.05, 4.69) is 41.0 Å². The Morgan fingerprint density at radius 2 is 1.57 bits per heavy atom. The number of aryl methyl sites for hydroxylation is 1. The van der Waals surface area contributed by atoms with Gasteiger partial charge in [-0.1, -0.05) is 99.6 Å². The molecular weight excluding hydrogens is 500 g/mol. The van der Waals surface area contributed by atoms with Crippen LogP contribution in [0.3, 0.4) is 0 Å². The molecule has 0 spiro atoms. The fourth-order valence-corrected chi connectivity index (χ4v) is 5.76. The zero-order chi connectivity index (χ0) is 28.5. The molecule has 40 heavy (non-hydrogen) atoms. The van der Waals surface area contributed by atoms with Gasteiger partial charge in [-0.2, -0.15) is 0 Å². The summed E-state index contributed by atoms with van der Waals surface area (Å²) in [5.41, 5.74) is 3.16. The first kappa shape index (κ1) is 29.5. The summed E-state index contributed by atoms with van der Waals surface area (Å²) in [6, 6.07) is 28.1. The van der Waals surface area contributed by atoms with E-state index >= 15 is 0 Å². The number of carbonyl (C=O) groups is 2. The van der Waals surface area contributed by atoms with Crippen LogP contribution in [0.15, 0.2) is 84.9 Å². The van der Waals surface area contributed by atoms with Crippen molar-refractivity contribution in [1.29, 1.82) is 0 Å². The van der Waals surface area contributed by atoms with Crippen LogP contribution in [0.2, 0.25) is 0 Å². The number of amides is 1. The molecule has 3 aromatic rings. The molecule has 1 fully saturated rings. The number of ether oxygens (including phenoxy) is 2. The Labute approximate surface area is 238 Å². The van der Waals surface area contributed by atoms with Gasteiger partial charge in [0.1, 0.15) is 0 Å². The second-order valence-electron chi connectivity index (χ2n) is 11.2. The Bertz CT molecular complexity index is 1200. The van der Waals surface area contributed by atoms with E-state index in [9.17, 15) is 9.59 Å². The Hall–Kier alpha value is -3.48. The van der Waals surface area contributed by atoms with Crippen molar-refractivity contribution >= 4 is 17.6 Å². The number of morpholine rings is 1. The highest BCUT2D eigenvalue weighted by molar-refractivity contribution is 5.95. The third kappa shape index (κ3) is 6.98. The number of benzene rings is 3. The zero-order valence-electron chi connectivity index (χ0n) is 24.1. The van der Waals surface area contributed by atoms with Crippen LogP contribution in [-0.4, -0.2) is 44.8 Å². The minimum atomic E-state index is -0.746. The molecule has 3 atom stereocenters. The van der Waals surface area contributed by atoms with Crippen molar-refractivity contribution in [3.8, 4) is 0 Å². The fourth-order valence-electron chi connectivity index (χ4n) is 5.76. The minimum Gasteiger partial charge on any atom is -0.469 e. The Morgan fingerprint density at radius 3 is 2.15 bits per heavy atom. The van der Waals surface area contributed by atoms with Crippen LogP contribution < -0.4 is 10.6 Å². The van der Waals surface area contributed by atoms with Crippen LogP contribution >= 0.6 is 0 Å². The molecule has 1 aliphatic heterocycles. The van der Waals surface area contributed by atoms with Crippen LogP contribution in [0, 0.1) is 17.3 Å². The molecule has 1 aliphatic rings. The number of nitrogens with one attached hydrogen (secondary N) is 2. The zero-order valence-corrected chi connectivity index (χ0v) is 24.1. The largest absolute Gasteiger partial charge is 0.469 e. The molecule has 3 unspecified atom stereocenters. The lowest BCUT2D eigenvalue weighted by atomic mass is 9.62. The van der Waals surface area contributed by atoms with Gasteiger partial charge in [0.15, 0.2) is 0 Å². The highest BCUT2D eigenvalue weighted by Gasteiger charge is 2.47. The monoisotopic (exact) mass is 542 g/mol. The molecule has 4 rings (SSSR count). The highest BCUT2D eigenvalue weighted by Crippen LogP contribution is 2.47. The van der Waals surface area contributed by atoms with Gasteiger partial charge in [-0.3, -0.25) is 9.59 Å². The second-order valence-corrected chi connectivity index (χ2v) is 11.2. The highest BCUT2D eigenvalue weighted by atomic mass is 16.5. The smallest absolute Gasteiger partial charge is 0.308 e. The summed E-state index contributed by atoms with van der Waals surface area (Å²) in [6.07, 6.45) is 1.81. The summed E-state index contributed by atoms with van der Waals surface area (Å²) in [6.45, 7) is 8.29. The molecular formula is C34H42N2O4. The summed E-state index contributed by atoms with van der Waals surface area (Å²) >= 11 is 0. The third-order valence-corrected chi connectivity index (χ3v) is 8.42. The lowest BCUT2D eigenvalue weighted by Gasteiger charge is -2.42. The Balaban J connectivity index is 1.72. The third-order valence-electron chi connectivity index (χ3n) is 8.42. The van der Waals surface area contributed by atoms with Crippen molar-refractivity contribution in [2.24, 2.45) is 17.3 Å². The molecule has 6 nitrogen and oxygen atoms in total. The number of esters is 1. The minimum absolute atomic E-state index is 0.124. The molecule has 212 valence electrons. The number of carbonyl (C=O) groups excluding carboxylic acids is 2. The van der Waals surface area contributed by atoms with Gasteiger partial charge in [0.25, 0.3) is 0 Å². The molecule has 0 radical (unpaired) electrons. The Morgan fingerprint density at radius 1 is 0.975 bits per heavy atom. The van der Waals surface area contributed by atoms with Gasteiger partial charge in [0.2, 0.25) is 5.91 Å². The van der Waals surface area contributed by atoms with Crippen molar-refractivity contribution in [3.05, 3.63) is 102 Å². The van der Waals surface area contributed by atoms with Gasteiger partial charge < -0.3 is 20.1 Å². The maximum absolute atomic E-state index is 14.5. The molecule has 1 saturated heterocycles. The molecule has 0 aromatic heterocycles. The maximum Gasteiger partial charge on any atom is 0.308 e. The van der Waals surface area contributed by atoms with E-state index in [4.69, 9.17) is 9.47 Å². The number of anilines is 1. The standard InChI is InChI=1S/C34H42N2O4/c1-24(33(38)39-4)34(2,3)31(30(26-14-7-5-8-15-26)27-16-9-6-10-17-27)32(37)36-29-18-12-11-13-25(29)19-20-28-23-35-21-22-40-28/h5-18,24,28,30-31,35H,19-23H2,1-4H3,(H,36,37). The van der Waals surface area contributed by atoms with E-state index in [1.54, 1.807) is 0 Å². The van der Waals surface area contributed by atoms with E-state index in [0.717, 1.165) is 54.9 Å². The molecule has 0 aliphatic carbocycles. The van der Waals surface area contributed by atoms with Crippen LogP contribution in [0.5, 0.6) is 0 Å². The molecule has 0 bridgehead atoms. The van der Waals surface area contributed by atoms with Gasteiger partial charge in [0.05, 0.1) is 31.7 Å². The predicted molar refractivity (Wildman–Crippen MR) is 159 cm³/mol. The molecule has 0 saturated carbocycles. The van der Waals surface area contributed by atoms with Crippen molar-refractivity contribution in [2.75, 3.05) is 32.1 Å². The molecule has 1 heterocycles. The average Bonchev–Trinajstić information content (AvgIpc) is 2.99. The number of para-hydroxylation sites is 1. The molecule has 3 aromatic carbocycles. The van der Waals surface area contributed by atoms with Crippen molar-refractivity contribution < 1.29 is 19.1 Å². The predicted octanol–water partition coefficient (Wildman–Crippen LogP) is 5.83. The molecule has 6 heteroatoms. The number of rotatable bonds is 11. The van der Waals surface area contributed by atoms with Crippen molar-refractivity contribution in [2.45, 2.75) is 45.6 Å². The van der Waals surface area contributed by atoms with E-state index in [-0.39, 0.29) is 23.9 Å².